The first kappa shape index (κ1) is 15.0. The summed E-state index contributed by atoms with van der Waals surface area (Å²) < 4.78 is 14.3. The molecule has 114 valence electrons. The van der Waals surface area contributed by atoms with Gasteiger partial charge in [-0.15, -0.1) is 0 Å². The molecule has 0 bridgehead atoms. The van der Waals surface area contributed by atoms with Crippen molar-refractivity contribution < 1.29 is 4.39 Å². The van der Waals surface area contributed by atoms with E-state index in [1.807, 2.05) is 0 Å². The number of rotatable bonds is 4. The molecular formula is C16H20ClFN2S. The Hall–Kier alpha value is -0.870. The number of benzene rings is 1. The van der Waals surface area contributed by atoms with Crippen LogP contribution in [0.3, 0.4) is 0 Å². The number of halogens is 2. The topological polar surface area (TPSA) is 24.9 Å². The van der Waals surface area contributed by atoms with Gasteiger partial charge in [-0.25, -0.2) is 9.37 Å². The van der Waals surface area contributed by atoms with E-state index in [-0.39, 0.29) is 10.8 Å². The van der Waals surface area contributed by atoms with E-state index < -0.39 is 0 Å². The highest BCUT2D eigenvalue weighted by atomic mass is 35.5. The molecule has 0 amide bonds. The van der Waals surface area contributed by atoms with Gasteiger partial charge in [0.05, 0.1) is 15.2 Å². The number of nitrogens with one attached hydrogen (secondary N) is 1. The van der Waals surface area contributed by atoms with Gasteiger partial charge in [0.2, 0.25) is 0 Å². The average molecular weight is 327 g/mol. The van der Waals surface area contributed by atoms with E-state index in [4.69, 9.17) is 11.6 Å². The zero-order valence-electron chi connectivity index (χ0n) is 12.2. The lowest BCUT2D eigenvalue weighted by Crippen LogP contribution is -2.29. The summed E-state index contributed by atoms with van der Waals surface area (Å²) >= 11 is 7.33. The van der Waals surface area contributed by atoms with Crippen molar-refractivity contribution in [2.45, 2.75) is 51.5 Å². The van der Waals surface area contributed by atoms with Crippen molar-refractivity contribution in [1.29, 1.82) is 0 Å². The maximum atomic E-state index is 13.5. The van der Waals surface area contributed by atoms with Crippen molar-refractivity contribution in [2.24, 2.45) is 5.92 Å². The molecule has 1 aromatic carbocycles. The average Bonchev–Trinajstić information content (AvgIpc) is 2.87. The fraction of sp³-hybridized carbons (Fsp3) is 0.562. The molecule has 1 aromatic heterocycles. The molecule has 1 atom stereocenters. The van der Waals surface area contributed by atoms with Crippen LogP contribution in [0, 0.1) is 11.7 Å². The van der Waals surface area contributed by atoms with E-state index in [2.05, 4.69) is 17.2 Å². The van der Waals surface area contributed by atoms with Crippen LogP contribution in [-0.4, -0.2) is 11.0 Å². The van der Waals surface area contributed by atoms with Crippen LogP contribution in [0.4, 0.5) is 9.52 Å². The largest absolute Gasteiger partial charge is 0.358 e. The molecule has 1 heterocycles. The molecular weight excluding hydrogens is 307 g/mol. The molecule has 1 N–H and O–H groups in total. The Labute approximate surface area is 133 Å². The standard InChI is InChI=1S/C16H20ClFN2S/c1-2-13(10-6-4-3-5-7-10)19-16-20-14-8-11(17)12(18)9-15(14)21-16/h8-10,13H,2-7H2,1H3,(H,19,20). The summed E-state index contributed by atoms with van der Waals surface area (Å²) in [5, 5.41) is 4.59. The predicted molar refractivity (Wildman–Crippen MR) is 88.9 cm³/mol. The quantitative estimate of drug-likeness (QED) is 0.761. The monoisotopic (exact) mass is 326 g/mol. The van der Waals surface area contributed by atoms with Crippen molar-refractivity contribution in [3.8, 4) is 0 Å². The molecule has 2 nitrogen and oxygen atoms in total. The Morgan fingerprint density at radius 2 is 2.14 bits per heavy atom. The molecule has 21 heavy (non-hydrogen) atoms. The fourth-order valence-electron chi connectivity index (χ4n) is 3.23. The molecule has 3 rings (SSSR count). The molecule has 1 aliphatic rings. The van der Waals surface area contributed by atoms with Gasteiger partial charge >= 0.3 is 0 Å². The highest BCUT2D eigenvalue weighted by Gasteiger charge is 2.23. The van der Waals surface area contributed by atoms with Gasteiger partial charge in [0.25, 0.3) is 0 Å². The van der Waals surface area contributed by atoms with Gasteiger partial charge < -0.3 is 5.32 Å². The minimum Gasteiger partial charge on any atom is -0.358 e. The Morgan fingerprint density at radius 1 is 1.38 bits per heavy atom. The summed E-state index contributed by atoms with van der Waals surface area (Å²) in [5.74, 6) is 0.356. The van der Waals surface area contributed by atoms with Gasteiger partial charge in [0.1, 0.15) is 5.82 Å². The van der Waals surface area contributed by atoms with Crippen LogP contribution in [0.15, 0.2) is 12.1 Å². The second-order valence-electron chi connectivity index (χ2n) is 5.81. The molecule has 1 fully saturated rings. The van der Waals surface area contributed by atoms with E-state index in [0.29, 0.717) is 6.04 Å². The second-order valence-corrected chi connectivity index (χ2v) is 7.25. The van der Waals surface area contributed by atoms with Crippen molar-refractivity contribution in [1.82, 2.24) is 4.98 Å². The third-order valence-corrected chi connectivity index (χ3v) is 5.64. The van der Waals surface area contributed by atoms with Crippen molar-refractivity contribution in [3.63, 3.8) is 0 Å². The number of hydrogen-bond donors (Lipinski definition) is 1. The maximum Gasteiger partial charge on any atom is 0.184 e. The molecule has 0 saturated heterocycles. The molecule has 0 spiro atoms. The van der Waals surface area contributed by atoms with Crippen LogP contribution in [0.1, 0.15) is 45.4 Å². The first-order chi connectivity index (χ1) is 10.2. The van der Waals surface area contributed by atoms with Crippen LogP contribution >= 0.6 is 22.9 Å². The lowest BCUT2D eigenvalue weighted by atomic mass is 9.83. The zero-order chi connectivity index (χ0) is 14.8. The summed E-state index contributed by atoms with van der Waals surface area (Å²) in [7, 11) is 0. The van der Waals surface area contributed by atoms with Crippen LogP contribution in [-0.2, 0) is 0 Å². The highest BCUT2D eigenvalue weighted by Crippen LogP contribution is 2.33. The van der Waals surface area contributed by atoms with E-state index in [1.54, 1.807) is 6.07 Å². The highest BCUT2D eigenvalue weighted by molar-refractivity contribution is 7.22. The molecule has 0 radical (unpaired) electrons. The molecule has 1 saturated carbocycles. The maximum absolute atomic E-state index is 13.5. The van der Waals surface area contributed by atoms with E-state index in [1.165, 1.54) is 49.5 Å². The normalized spacial score (nSPS) is 18.0. The Kier molecular flexibility index (Phi) is 4.65. The zero-order valence-corrected chi connectivity index (χ0v) is 13.7. The summed E-state index contributed by atoms with van der Waals surface area (Å²) in [4.78, 5) is 4.55. The predicted octanol–water partition coefficient (Wildman–Crippen LogP) is 5.86. The summed E-state index contributed by atoms with van der Waals surface area (Å²) in [6.45, 7) is 2.22. The minimum absolute atomic E-state index is 0.138. The second kappa shape index (κ2) is 6.49. The molecule has 5 heteroatoms. The Morgan fingerprint density at radius 3 is 2.86 bits per heavy atom. The number of aromatic nitrogens is 1. The summed E-state index contributed by atoms with van der Waals surface area (Å²) in [6.07, 6.45) is 7.74. The Bertz CT molecular complexity index is 583. The number of fused-ring (bicyclic) bond motifs is 1. The number of nitrogens with zero attached hydrogens (tertiary/aromatic N) is 1. The van der Waals surface area contributed by atoms with Gasteiger partial charge in [-0.05, 0) is 37.3 Å². The molecule has 1 aliphatic carbocycles. The first-order valence-corrected chi connectivity index (χ1v) is 8.89. The molecule has 0 aliphatic heterocycles. The van der Waals surface area contributed by atoms with Gasteiger partial charge in [-0.2, -0.15) is 0 Å². The van der Waals surface area contributed by atoms with Crippen LogP contribution in [0.25, 0.3) is 10.2 Å². The third-order valence-electron chi connectivity index (χ3n) is 4.40. The minimum atomic E-state index is -0.376. The van der Waals surface area contributed by atoms with Gasteiger partial charge in [0.15, 0.2) is 5.13 Å². The first-order valence-electron chi connectivity index (χ1n) is 7.69. The summed E-state index contributed by atoms with van der Waals surface area (Å²) in [6, 6.07) is 3.54. The van der Waals surface area contributed by atoms with Gasteiger partial charge in [-0.3, -0.25) is 0 Å². The molecule has 1 unspecified atom stereocenters. The van der Waals surface area contributed by atoms with Crippen LogP contribution in [0.5, 0.6) is 0 Å². The number of thiazole rings is 1. The summed E-state index contributed by atoms with van der Waals surface area (Å²) in [5.41, 5.74) is 0.771. The van der Waals surface area contributed by atoms with E-state index in [9.17, 15) is 4.39 Å². The van der Waals surface area contributed by atoms with Crippen LogP contribution < -0.4 is 5.32 Å². The Balaban J connectivity index is 1.79. The lowest BCUT2D eigenvalue weighted by Gasteiger charge is -2.30. The smallest absolute Gasteiger partial charge is 0.184 e. The number of anilines is 1. The SMILES string of the molecule is CCC(Nc1nc2cc(Cl)c(F)cc2s1)C1CCCCC1. The van der Waals surface area contributed by atoms with Gasteiger partial charge in [0, 0.05) is 6.04 Å². The van der Waals surface area contributed by atoms with E-state index in [0.717, 1.165) is 27.7 Å². The van der Waals surface area contributed by atoms with E-state index >= 15 is 0 Å². The van der Waals surface area contributed by atoms with Crippen molar-refractivity contribution >= 4 is 38.3 Å². The fourth-order valence-corrected chi connectivity index (χ4v) is 4.33. The number of hydrogen-bond acceptors (Lipinski definition) is 3. The lowest BCUT2D eigenvalue weighted by molar-refractivity contribution is 0.313. The van der Waals surface area contributed by atoms with Crippen molar-refractivity contribution in [2.75, 3.05) is 5.32 Å². The molecule has 2 aromatic rings. The third kappa shape index (κ3) is 3.32. The van der Waals surface area contributed by atoms with Crippen LogP contribution in [0.2, 0.25) is 5.02 Å². The van der Waals surface area contributed by atoms with Gasteiger partial charge in [-0.1, -0.05) is 49.1 Å². The van der Waals surface area contributed by atoms with Crippen molar-refractivity contribution in [3.05, 3.63) is 23.0 Å².